The number of rotatable bonds is 13. The zero-order valence-corrected chi connectivity index (χ0v) is 24.1. The normalized spacial score (nSPS) is 16.9. The summed E-state index contributed by atoms with van der Waals surface area (Å²) >= 11 is 3.35. The van der Waals surface area contributed by atoms with E-state index in [9.17, 15) is 19.8 Å². The number of phenols is 1. The Kier molecular flexibility index (Phi) is 10.6. The molecule has 1 amide bonds. The third kappa shape index (κ3) is 6.50. The van der Waals surface area contributed by atoms with Crippen LogP contribution in [-0.4, -0.2) is 71.6 Å². The summed E-state index contributed by atoms with van der Waals surface area (Å²) in [4.78, 5) is 30.4. The molecule has 1 atom stereocenters. The van der Waals surface area contributed by atoms with Gasteiger partial charge >= 0.3 is 0 Å². The number of Topliss-reactive ketones (excluding diaryl/α,β-unsaturated/α-hetero) is 1. The van der Waals surface area contributed by atoms with Gasteiger partial charge in [-0.2, -0.15) is 0 Å². The number of ether oxygens (including phenoxy) is 2. The summed E-state index contributed by atoms with van der Waals surface area (Å²) in [5.74, 6) is -1.03. The maximum Gasteiger partial charge on any atom is 0.295 e. The molecule has 8 nitrogen and oxygen atoms in total. The maximum atomic E-state index is 13.4. The Bertz CT molecular complexity index is 1180. The molecule has 1 saturated heterocycles. The molecule has 2 aromatic rings. The van der Waals surface area contributed by atoms with Crippen molar-refractivity contribution in [3.8, 4) is 17.2 Å². The SMILES string of the molecule is CCCCOc1cccc(/C(O)=C2\C(=O)C(=O)N(CCCN(CC)CC)C2c2cc(Br)c(O)c(OC)c2)c1. The van der Waals surface area contributed by atoms with E-state index < -0.39 is 17.7 Å². The Balaban J connectivity index is 2.09. The van der Waals surface area contributed by atoms with E-state index in [-0.39, 0.29) is 22.8 Å². The fourth-order valence-electron chi connectivity index (χ4n) is 4.59. The molecule has 0 bridgehead atoms. The second-order valence-corrected chi connectivity index (χ2v) is 10.0. The highest BCUT2D eigenvalue weighted by Gasteiger charge is 2.46. The molecule has 1 unspecified atom stereocenters. The highest BCUT2D eigenvalue weighted by atomic mass is 79.9. The van der Waals surface area contributed by atoms with Crippen molar-refractivity contribution in [2.75, 3.05) is 39.9 Å². The van der Waals surface area contributed by atoms with Crippen molar-refractivity contribution in [2.24, 2.45) is 0 Å². The fraction of sp³-hybridized carbons (Fsp3) is 0.448. The van der Waals surface area contributed by atoms with E-state index in [2.05, 4.69) is 41.6 Å². The van der Waals surface area contributed by atoms with Crippen molar-refractivity contribution in [1.82, 2.24) is 9.80 Å². The lowest BCUT2D eigenvalue weighted by Crippen LogP contribution is -2.33. The van der Waals surface area contributed by atoms with Crippen molar-refractivity contribution in [2.45, 2.75) is 46.1 Å². The van der Waals surface area contributed by atoms with Crippen LogP contribution < -0.4 is 9.47 Å². The number of nitrogens with zero attached hydrogens (tertiary/aromatic N) is 2. The van der Waals surface area contributed by atoms with E-state index >= 15 is 0 Å². The van der Waals surface area contributed by atoms with Crippen molar-refractivity contribution < 1.29 is 29.3 Å². The van der Waals surface area contributed by atoms with Crippen LogP contribution in [0.5, 0.6) is 17.2 Å². The van der Waals surface area contributed by atoms with E-state index in [4.69, 9.17) is 9.47 Å². The number of ketones is 1. The van der Waals surface area contributed by atoms with Crippen LogP contribution in [0.2, 0.25) is 0 Å². The molecule has 0 saturated carbocycles. The summed E-state index contributed by atoms with van der Waals surface area (Å²) in [5.41, 5.74) is 0.906. The van der Waals surface area contributed by atoms with Crippen LogP contribution in [-0.2, 0) is 9.59 Å². The lowest BCUT2D eigenvalue weighted by atomic mass is 9.95. The molecule has 3 rings (SSSR count). The molecular formula is C29H37BrN2O6. The number of unbranched alkanes of at least 4 members (excludes halogenated alkanes) is 1. The number of aromatic hydroxyl groups is 1. The Hall–Kier alpha value is -3.04. The van der Waals surface area contributed by atoms with Crippen LogP contribution in [0.25, 0.3) is 5.76 Å². The lowest BCUT2D eigenvalue weighted by Gasteiger charge is -2.27. The number of benzene rings is 2. The van der Waals surface area contributed by atoms with Gasteiger partial charge < -0.3 is 29.5 Å². The average molecular weight is 590 g/mol. The standard InChI is InChI=1S/C29H37BrN2O6/c1-5-8-15-38-21-12-9-11-19(16-21)26(33)24-25(20-17-22(30)27(34)23(18-20)37-4)32(29(36)28(24)35)14-10-13-31(6-2)7-3/h9,11-12,16-18,25,33-34H,5-8,10,13-15H2,1-4H3/b26-24+. The number of methoxy groups -OCH3 is 1. The molecule has 0 aromatic heterocycles. The molecule has 1 aliphatic heterocycles. The quantitative estimate of drug-likeness (QED) is 0.138. The first-order valence-corrected chi connectivity index (χ1v) is 13.9. The summed E-state index contributed by atoms with van der Waals surface area (Å²) < 4.78 is 11.5. The zero-order chi connectivity index (χ0) is 27.8. The van der Waals surface area contributed by atoms with Crippen molar-refractivity contribution in [3.05, 3.63) is 57.6 Å². The van der Waals surface area contributed by atoms with Crippen LogP contribution in [0.4, 0.5) is 0 Å². The van der Waals surface area contributed by atoms with Crippen LogP contribution in [0.15, 0.2) is 46.4 Å². The Morgan fingerprint density at radius 2 is 1.84 bits per heavy atom. The molecule has 206 valence electrons. The minimum absolute atomic E-state index is 0.0109. The van der Waals surface area contributed by atoms with Gasteiger partial charge in [0.25, 0.3) is 11.7 Å². The number of hydrogen-bond acceptors (Lipinski definition) is 7. The highest BCUT2D eigenvalue weighted by Crippen LogP contribution is 2.44. The van der Waals surface area contributed by atoms with Gasteiger partial charge in [-0.05, 0) is 78.2 Å². The topological polar surface area (TPSA) is 99.5 Å². The second-order valence-electron chi connectivity index (χ2n) is 9.16. The van der Waals surface area contributed by atoms with Gasteiger partial charge in [0.1, 0.15) is 11.5 Å². The van der Waals surface area contributed by atoms with Crippen LogP contribution >= 0.6 is 15.9 Å². The van der Waals surface area contributed by atoms with E-state index in [1.165, 1.54) is 12.0 Å². The van der Waals surface area contributed by atoms with Gasteiger partial charge in [-0.1, -0.05) is 39.3 Å². The van der Waals surface area contributed by atoms with Gasteiger partial charge in [0.05, 0.1) is 29.8 Å². The molecule has 0 aliphatic carbocycles. The number of carbonyl (C=O) groups is 2. The molecule has 38 heavy (non-hydrogen) atoms. The van der Waals surface area contributed by atoms with Crippen molar-refractivity contribution >= 4 is 33.4 Å². The fourth-order valence-corrected chi connectivity index (χ4v) is 5.05. The second kappa shape index (κ2) is 13.7. The monoisotopic (exact) mass is 588 g/mol. The number of aliphatic hydroxyl groups excluding tert-OH is 1. The molecular weight excluding hydrogens is 552 g/mol. The molecule has 1 aliphatic rings. The summed E-state index contributed by atoms with van der Waals surface area (Å²) in [7, 11) is 1.43. The smallest absolute Gasteiger partial charge is 0.295 e. The first kappa shape index (κ1) is 29.5. The van der Waals surface area contributed by atoms with Crippen LogP contribution in [0.3, 0.4) is 0 Å². The van der Waals surface area contributed by atoms with Crippen molar-refractivity contribution in [3.63, 3.8) is 0 Å². The number of aliphatic hydroxyl groups is 1. The molecule has 0 spiro atoms. The number of amides is 1. The largest absolute Gasteiger partial charge is 0.507 e. The predicted octanol–water partition coefficient (Wildman–Crippen LogP) is 5.50. The summed E-state index contributed by atoms with van der Waals surface area (Å²) in [5, 5.41) is 21.8. The summed E-state index contributed by atoms with van der Waals surface area (Å²) in [6.07, 6.45) is 2.54. The Labute approximate surface area is 233 Å². The molecule has 2 aromatic carbocycles. The number of likely N-dealkylation sites (tertiary alicyclic amines) is 1. The van der Waals surface area contributed by atoms with Crippen LogP contribution in [0, 0.1) is 0 Å². The van der Waals surface area contributed by atoms with Gasteiger partial charge in [0, 0.05) is 12.1 Å². The van der Waals surface area contributed by atoms with E-state index in [1.807, 2.05) is 0 Å². The number of carbonyl (C=O) groups excluding carboxylic acids is 2. The Morgan fingerprint density at radius 3 is 2.50 bits per heavy atom. The molecule has 0 radical (unpaired) electrons. The maximum absolute atomic E-state index is 13.4. The minimum atomic E-state index is -0.859. The van der Waals surface area contributed by atoms with Gasteiger partial charge in [0.2, 0.25) is 0 Å². The predicted molar refractivity (Wildman–Crippen MR) is 151 cm³/mol. The van der Waals surface area contributed by atoms with E-state index in [0.717, 1.165) is 32.5 Å². The highest BCUT2D eigenvalue weighted by molar-refractivity contribution is 9.10. The average Bonchev–Trinajstić information content (AvgIpc) is 3.17. The minimum Gasteiger partial charge on any atom is -0.507 e. The van der Waals surface area contributed by atoms with Gasteiger partial charge in [-0.25, -0.2) is 0 Å². The van der Waals surface area contributed by atoms with Gasteiger partial charge in [-0.15, -0.1) is 0 Å². The van der Waals surface area contributed by atoms with Crippen molar-refractivity contribution in [1.29, 1.82) is 0 Å². The first-order valence-electron chi connectivity index (χ1n) is 13.1. The molecule has 2 N–H and O–H groups in total. The first-order chi connectivity index (χ1) is 18.3. The lowest BCUT2D eigenvalue weighted by molar-refractivity contribution is -0.140. The molecule has 1 heterocycles. The van der Waals surface area contributed by atoms with Crippen LogP contribution in [0.1, 0.15) is 57.2 Å². The van der Waals surface area contributed by atoms with Gasteiger partial charge in [-0.3, -0.25) is 9.59 Å². The van der Waals surface area contributed by atoms with Gasteiger partial charge in [0.15, 0.2) is 11.5 Å². The number of phenolic OH excluding ortho intramolecular Hbond substituents is 1. The Morgan fingerprint density at radius 1 is 1.11 bits per heavy atom. The molecule has 1 fully saturated rings. The third-order valence-corrected chi connectivity index (χ3v) is 7.37. The summed E-state index contributed by atoms with van der Waals surface area (Å²) in [6.45, 7) is 9.63. The third-order valence-electron chi connectivity index (χ3n) is 6.77. The van der Waals surface area contributed by atoms with E-state index in [1.54, 1.807) is 36.4 Å². The van der Waals surface area contributed by atoms with E-state index in [0.29, 0.717) is 40.9 Å². The zero-order valence-electron chi connectivity index (χ0n) is 22.5. The molecule has 9 heteroatoms. The number of halogens is 1. The number of hydrogen-bond donors (Lipinski definition) is 2. The summed E-state index contributed by atoms with van der Waals surface area (Å²) in [6, 6.07) is 9.25.